The van der Waals surface area contributed by atoms with Gasteiger partial charge >= 0.3 is 0 Å². The van der Waals surface area contributed by atoms with Crippen LogP contribution in [0.2, 0.25) is 0 Å². The summed E-state index contributed by atoms with van der Waals surface area (Å²) in [5.74, 6) is 1.55. The summed E-state index contributed by atoms with van der Waals surface area (Å²) in [6.07, 6.45) is 27.2. The van der Waals surface area contributed by atoms with Gasteiger partial charge in [0.25, 0.3) is 0 Å². The van der Waals surface area contributed by atoms with E-state index in [1.54, 1.807) is 6.07 Å². The fourth-order valence-corrected chi connectivity index (χ4v) is 5.22. The minimum Gasteiger partial charge on any atom is -0.491 e. The van der Waals surface area contributed by atoms with E-state index >= 15 is 0 Å². The van der Waals surface area contributed by atoms with Crippen molar-refractivity contribution in [1.29, 1.82) is 0 Å². The molecule has 1 aromatic carbocycles. The number of benzene rings is 1. The molecule has 194 valence electrons. The molecule has 3 nitrogen and oxygen atoms in total. The Hall–Kier alpha value is -1.97. The Balaban J connectivity index is 1.30. The average Bonchev–Trinajstić information content (AvgIpc) is 3.40. The van der Waals surface area contributed by atoms with Gasteiger partial charge in [0, 0.05) is 18.0 Å². The number of unbranched alkanes of at least 4 members (excludes halogenated alkanes) is 10. The van der Waals surface area contributed by atoms with E-state index in [2.05, 4.69) is 16.9 Å². The Morgan fingerprint density at radius 3 is 2.20 bits per heavy atom. The van der Waals surface area contributed by atoms with Crippen LogP contribution in [0, 0.1) is 11.7 Å². The quantitative estimate of drug-likeness (QED) is 0.198. The normalized spacial score (nSPS) is 14.0. The number of halogens is 1. The third-order valence-corrected chi connectivity index (χ3v) is 7.45. The molecule has 1 aromatic heterocycles. The lowest BCUT2D eigenvalue weighted by Gasteiger charge is -2.10. The smallest absolute Gasteiger partial charge is 0.165 e. The molecule has 0 N–H and O–H groups in total. The molecule has 0 spiro atoms. The van der Waals surface area contributed by atoms with Crippen molar-refractivity contribution in [3.63, 3.8) is 0 Å². The highest BCUT2D eigenvalue weighted by molar-refractivity contribution is 5.56. The Morgan fingerprint density at radius 1 is 0.829 bits per heavy atom. The first-order chi connectivity index (χ1) is 17.3. The molecular formula is C31H47FN2O. The summed E-state index contributed by atoms with van der Waals surface area (Å²) >= 11 is 0. The summed E-state index contributed by atoms with van der Waals surface area (Å²) in [4.78, 5) is 8.95. The van der Waals surface area contributed by atoms with Gasteiger partial charge in [-0.2, -0.15) is 0 Å². The van der Waals surface area contributed by atoms with Gasteiger partial charge in [-0.3, -0.25) is 0 Å². The van der Waals surface area contributed by atoms with Crippen LogP contribution in [0.25, 0.3) is 11.4 Å². The number of hydrogen-bond donors (Lipinski definition) is 0. The second kappa shape index (κ2) is 16.7. The lowest BCUT2D eigenvalue weighted by molar-refractivity contribution is 0.289. The molecule has 1 saturated carbocycles. The maximum atomic E-state index is 14.6. The van der Waals surface area contributed by atoms with E-state index in [9.17, 15) is 4.39 Å². The first-order valence-corrected chi connectivity index (χ1v) is 14.5. The van der Waals surface area contributed by atoms with E-state index in [1.807, 2.05) is 18.5 Å². The van der Waals surface area contributed by atoms with Crippen molar-refractivity contribution in [3.05, 3.63) is 42.0 Å². The van der Waals surface area contributed by atoms with E-state index in [1.165, 1.54) is 102 Å². The van der Waals surface area contributed by atoms with Crippen molar-refractivity contribution in [2.24, 2.45) is 5.92 Å². The first-order valence-electron chi connectivity index (χ1n) is 14.5. The third kappa shape index (κ3) is 10.7. The van der Waals surface area contributed by atoms with Gasteiger partial charge in [0.2, 0.25) is 0 Å². The van der Waals surface area contributed by atoms with Gasteiger partial charge in [0.15, 0.2) is 17.4 Å². The van der Waals surface area contributed by atoms with Crippen molar-refractivity contribution in [2.45, 2.75) is 122 Å². The molecule has 0 radical (unpaired) electrons. The zero-order valence-corrected chi connectivity index (χ0v) is 22.1. The molecule has 1 aliphatic carbocycles. The molecule has 0 saturated heterocycles. The van der Waals surface area contributed by atoms with Crippen LogP contribution in [0.4, 0.5) is 4.39 Å². The number of hydrogen-bond acceptors (Lipinski definition) is 3. The minimum atomic E-state index is -0.338. The number of nitrogens with zero attached hydrogens (tertiary/aromatic N) is 2. The van der Waals surface area contributed by atoms with Crippen LogP contribution in [-0.4, -0.2) is 16.6 Å². The molecule has 2 aromatic rings. The molecule has 35 heavy (non-hydrogen) atoms. The van der Waals surface area contributed by atoms with Gasteiger partial charge in [0.1, 0.15) is 0 Å². The fraction of sp³-hybridized carbons (Fsp3) is 0.677. The summed E-state index contributed by atoms with van der Waals surface area (Å²) in [5, 5.41) is 0. The Bertz CT molecular complexity index is 817. The maximum Gasteiger partial charge on any atom is 0.165 e. The second-order valence-electron chi connectivity index (χ2n) is 10.5. The van der Waals surface area contributed by atoms with Crippen LogP contribution in [0.3, 0.4) is 0 Å². The highest BCUT2D eigenvalue weighted by atomic mass is 19.1. The third-order valence-electron chi connectivity index (χ3n) is 7.45. The summed E-state index contributed by atoms with van der Waals surface area (Å²) in [7, 11) is 0. The largest absolute Gasteiger partial charge is 0.491 e. The van der Waals surface area contributed by atoms with E-state index in [4.69, 9.17) is 4.74 Å². The molecule has 0 bridgehead atoms. The van der Waals surface area contributed by atoms with Crippen molar-refractivity contribution < 1.29 is 9.13 Å². The lowest BCUT2D eigenvalue weighted by atomic mass is 9.99. The molecule has 1 heterocycles. The summed E-state index contributed by atoms with van der Waals surface area (Å²) in [6, 6.07) is 5.05. The van der Waals surface area contributed by atoms with Crippen molar-refractivity contribution in [2.75, 3.05) is 6.61 Å². The number of aromatic nitrogens is 2. The van der Waals surface area contributed by atoms with Gasteiger partial charge in [-0.1, -0.05) is 103 Å². The topological polar surface area (TPSA) is 35.0 Å². The van der Waals surface area contributed by atoms with Crippen molar-refractivity contribution in [1.82, 2.24) is 9.97 Å². The molecule has 1 fully saturated rings. The SMILES string of the molecule is CCCCCCCCCc1cnc(-c2ccc(OCCCCCCCC3CCCC3)c(F)c2)nc1. The van der Waals surface area contributed by atoms with Crippen LogP contribution >= 0.6 is 0 Å². The second-order valence-corrected chi connectivity index (χ2v) is 10.5. The fourth-order valence-electron chi connectivity index (χ4n) is 5.22. The number of ether oxygens (including phenoxy) is 1. The van der Waals surface area contributed by atoms with Gasteiger partial charge in [0.05, 0.1) is 6.61 Å². The van der Waals surface area contributed by atoms with Crippen LogP contribution in [0.5, 0.6) is 5.75 Å². The maximum absolute atomic E-state index is 14.6. The minimum absolute atomic E-state index is 0.325. The molecule has 0 aliphatic heterocycles. The molecule has 4 heteroatoms. The Kier molecular flexibility index (Phi) is 13.1. The van der Waals surface area contributed by atoms with Crippen molar-refractivity contribution >= 4 is 0 Å². The van der Waals surface area contributed by atoms with E-state index < -0.39 is 0 Å². The van der Waals surface area contributed by atoms with Gasteiger partial charge < -0.3 is 4.74 Å². The zero-order chi connectivity index (χ0) is 24.6. The summed E-state index contributed by atoms with van der Waals surface area (Å²) < 4.78 is 20.3. The Labute approximate surface area is 213 Å². The monoisotopic (exact) mass is 482 g/mol. The molecule has 0 atom stereocenters. The van der Waals surface area contributed by atoms with Gasteiger partial charge in [-0.25, -0.2) is 14.4 Å². The molecule has 1 aliphatic rings. The van der Waals surface area contributed by atoms with Crippen molar-refractivity contribution in [3.8, 4) is 17.1 Å². The van der Waals surface area contributed by atoms with E-state index in [-0.39, 0.29) is 5.82 Å². The number of rotatable bonds is 18. The highest BCUT2D eigenvalue weighted by Gasteiger charge is 2.14. The van der Waals surface area contributed by atoms with Crippen LogP contribution in [0.1, 0.15) is 122 Å². The highest BCUT2D eigenvalue weighted by Crippen LogP contribution is 2.29. The molecule has 0 unspecified atom stereocenters. The zero-order valence-electron chi connectivity index (χ0n) is 22.1. The lowest BCUT2D eigenvalue weighted by Crippen LogP contribution is -2.00. The molecular weight excluding hydrogens is 435 g/mol. The number of aryl methyl sites for hydroxylation is 1. The van der Waals surface area contributed by atoms with E-state index in [0.29, 0.717) is 23.7 Å². The molecule has 3 rings (SSSR count). The summed E-state index contributed by atoms with van der Waals surface area (Å²) in [5.41, 5.74) is 1.85. The predicted octanol–water partition coefficient (Wildman–Crippen LogP) is 9.49. The van der Waals surface area contributed by atoms with Crippen LogP contribution in [-0.2, 0) is 6.42 Å². The average molecular weight is 483 g/mol. The first kappa shape index (κ1) is 27.6. The standard InChI is InChI=1S/C31H47FN2O/c1-2-3-4-5-6-8-12-19-27-24-33-31(34-25-27)28-20-21-30(29(32)23-28)35-22-15-10-7-9-11-16-26-17-13-14-18-26/h20-21,23-26H,2-19,22H2,1H3. The summed E-state index contributed by atoms with van der Waals surface area (Å²) in [6.45, 7) is 2.82. The predicted molar refractivity (Wildman–Crippen MR) is 144 cm³/mol. The van der Waals surface area contributed by atoms with Gasteiger partial charge in [-0.15, -0.1) is 0 Å². The van der Waals surface area contributed by atoms with Gasteiger partial charge in [-0.05, 0) is 48.9 Å². The Morgan fingerprint density at radius 2 is 1.49 bits per heavy atom. The van der Waals surface area contributed by atoms with E-state index in [0.717, 1.165) is 30.7 Å². The van der Waals surface area contributed by atoms with Crippen LogP contribution in [0.15, 0.2) is 30.6 Å². The molecule has 0 amide bonds. The van der Waals surface area contributed by atoms with Crippen LogP contribution < -0.4 is 4.74 Å².